The van der Waals surface area contributed by atoms with Crippen LogP contribution in [0, 0.1) is 5.82 Å². The molecule has 2 aliphatic rings. The second-order valence-electron chi connectivity index (χ2n) is 8.50. The fraction of sp³-hybridized carbons (Fsp3) is 0.320. The number of morpholine rings is 1. The lowest BCUT2D eigenvalue weighted by Gasteiger charge is -2.27. The first-order chi connectivity index (χ1) is 16.4. The number of hydrogen-bond donors (Lipinski definition) is 1. The number of benzene rings is 2. The Morgan fingerprint density at radius 2 is 1.88 bits per heavy atom. The van der Waals surface area contributed by atoms with Gasteiger partial charge < -0.3 is 15.0 Å². The average Bonchev–Trinajstić information content (AvgIpc) is 3.44. The summed E-state index contributed by atoms with van der Waals surface area (Å²) in [5, 5.41) is 3.22. The van der Waals surface area contributed by atoms with Crippen LogP contribution < -0.4 is 5.32 Å². The molecule has 178 valence electrons. The van der Waals surface area contributed by atoms with Crippen LogP contribution in [0.5, 0.6) is 0 Å². The zero-order valence-electron chi connectivity index (χ0n) is 18.8. The summed E-state index contributed by atoms with van der Waals surface area (Å²) < 4.78 is 49.1. The lowest BCUT2D eigenvalue weighted by molar-refractivity contribution is 0.0302. The smallest absolute Gasteiger partial charge is 0.268 e. The van der Waals surface area contributed by atoms with Gasteiger partial charge in [0.25, 0.3) is 15.9 Å². The molecule has 0 spiro atoms. The first-order valence-electron chi connectivity index (χ1n) is 11.3. The minimum absolute atomic E-state index is 0.00814. The highest BCUT2D eigenvalue weighted by molar-refractivity contribution is 7.90. The molecule has 0 bridgehead atoms. The van der Waals surface area contributed by atoms with E-state index in [9.17, 15) is 17.6 Å². The van der Waals surface area contributed by atoms with Crippen molar-refractivity contribution in [2.45, 2.75) is 23.8 Å². The molecule has 1 aromatic heterocycles. The highest BCUT2D eigenvalue weighted by Crippen LogP contribution is 2.41. The maximum Gasteiger partial charge on any atom is 0.268 e. The molecule has 2 aromatic carbocycles. The molecule has 1 amide bonds. The van der Waals surface area contributed by atoms with Crippen LogP contribution in [0.2, 0.25) is 0 Å². The van der Waals surface area contributed by atoms with Crippen LogP contribution in [0.4, 0.5) is 4.39 Å². The van der Waals surface area contributed by atoms with Crippen molar-refractivity contribution in [3.8, 4) is 11.3 Å². The molecule has 9 heteroatoms. The minimum atomic E-state index is -4.10. The summed E-state index contributed by atoms with van der Waals surface area (Å²) in [6.07, 6.45) is 3.05. The van der Waals surface area contributed by atoms with Crippen LogP contribution >= 0.6 is 0 Å². The van der Waals surface area contributed by atoms with Gasteiger partial charge >= 0.3 is 0 Å². The number of aromatic nitrogens is 1. The molecule has 1 aliphatic carbocycles. The van der Waals surface area contributed by atoms with Crippen molar-refractivity contribution >= 4 is 15.9 Å². The summed E-state index contributed by atoms with van der Waals surface area (Å²) in [6.45, 7) is 1.83. The number of fused-ring (bicyclic) bond motifs is 1. The molecule has 1 N–H and O–H groups in total. The molecule has 1 atom stereocenters. The Morgan fingerprint density at radius 3 is 2.62 bits per heavy atom. The maximum atomic E-state index is 14.9. The topological polar surface area (TPSA) is 80.6 Å². The van der Waals surface area contributed by atoms with Gasteiger partial charge in [-0.05, 0) is 61.3 Å². The third kappa shape index (κ3) is 3.83. The van der Waals surface area contributed by atoms with E-state index in [0.29, 0.717) is 44.0 Å². The highest BCUT2D eigenvalue weighted by Gasteiger charge is 2.33. The van der Waals surface area contributed by atoms with E-state index in [1.54, 1.807) is 41.4 Å². The Kier molecular flexibility index (Phi) is 6.01. The van der Waals surface area contributed by atoms with Crippen molar-refractivity contribution in [2.24, 2.45) is 0 Å². The molecule has 2 heterocycles. The Labute approximate surface area is 198 Å². The Bertz CT molecular complexity index is 1350. The number of rotatable bonds is 5. The molecule has 0 radical (unpaired) electrons. The number of amides is 1. The van der Waals surface area contributed by atoms with Gasteiger partial charge in [0, 0.05) is 36.5 Å². The quantitative estimate of drug-likeness (QED) is 0.603. The standard InChI is InChI=1S/C25H26FN3O4S/c1-27-23-10-9-19-21(23)16-29(24(19)20-7-2-3-8-22(20)26)34(31,32)18-6-4-5-17(15-18)25(30)28-11-13-33-14-12-28/h2-8,15-16,23,27H,9-14H2,1H3. The van der Waals surface area contributed by atoms with E-state index >= 15 is 0 Å². The molecule has 5 rings (SSSR count). The van der Waals surface area contributed by atoms with Crippen molar-refractivity contribution in [3.05, 3.63) is 77.2 Å². The third-order valence-corrected chi connectivity index (χ3v) is 8.24. The lowest BCUT2D eigenvalue weighted by Crippen LogP contribution is -2.40. The molecule has 7 nitrogen and oxygen atoms in total. The summed E-state index contributed by atoms with van der Waals surface area (Å²) in [7, 11) is -2.28. The summed E-state index contributed by atoms with van der Waals surface area (Å²) in [5.41, 5.74) is 2.56. The summed E-state index contributed by atoms with van der Waals surface area (Å²) in [4.78, 5) is 14.6. The fourth-order valence-corrected chi connectivity index (χ4v) is 6.28. The van der Waals surface area contributed by atoms with E-state index in [1.165, 1.54) is 22.2 Å². The molecule has 1 fully saturated rings. The summed E-state index contributed by atoms with van der Waals surface area (Å²) in [6, 6.07) is 12.2. The molecular formula is C25H26FN3O4S. The number of carbonyl (C=O) groups excluding carboxylic acids is 1. The fourth-order valence-electron chi connectivity index (χ4n) is 4.82. The normalized spacial score (nSPS) is 18.2. The Hall–Kier alpha value is -3.01. The van der Waals surface area contributed by atoms with Crippen molar-refractivity contribution in [2.75, 3.05) is 33.4 Å². The second-order valence-corrected chi connectivity index (χ2v) is 10.3. The van der Waals surface area contributed by atoms with Gasteiger partial charge in [0.15, 0.2) is 0 Å². The van der Waals surface area contributed by atoms with Crippen LogP contribution in [-0.4, -0.2) is 56.5 Å². The third-order valence-electron chi connectivity index (χ3n) is 6.58. The van der Waals surface area contributed by atoms with Gasteiger partial charge in [0.05, 0.1) is 23.8 Å². The van der Waals surface area contributed by atoms with Gasteiger partial charge in [-0.1, -0.05) is 18.2 Å². The first-order valence-corrected chi connectivity index (χ1v) is 12.7. The monoisotopic (exact) mass is 483 g/mol. The van der Waals surface area contributed by atoms with Crippen LogP contribution in [0.15, 0.2) is 59.6 Å². The molecular weight excluding hydrogens is 457 g/mol. The van der Waals surface area contributed by atoms with Gasteiger partial charge in [-0.25, -0.2) is 16.8 Å². The van der Waals surface area contributed by atoms with E-state index in [4.69, 9.17) is 4.74 Å². The SMILES string of the molecule is CNC1CCc2c1cn(S(=O)(=O)c1cccc(C(=O)N3CCOCC3)c1)c2-c1ccccc1F. The van der Waals surface area contributed by atoms with Crippen molar-refractivity contribution in [1.29, 1.82) is 0 Å². The number of carbonyl (C=O) groups is 1. The highest BCUT2D eigenvalue weighted by atomic mass is 32.2. The van der Waals surface area contributed by atoms with Crippen LogP contribution in [-0.2, 0) is 21.2 Å². The number of halogens is 1. The number of ether oxygens (including phenoxy) is 1. The predicted molar refractivity (Wildman–Crippen MR) is 126 cm³/mol. The maximum absolute atomic E-state index is 14.9. The number of nitrogens with one attached hydrogen (secondary N) is 1. The van der Waals surface area contributed by atoms with E-state index in [2.05, 4.69) is 5.32 Å². The molecule has 1 saturated heterocycles. The number of nitrogens with zero attached hydrogens (tertiary/aromatic N) is 2. The summed E-state index contributed by atoms with van der Waals surface area (Å²) >= 11 is 0. The molecule has 1 unspecified atom stereocenters. The van der Waals surface area contributed by atoms with Crippen LogP contribution in [0.1, 0.15) is 33.9 Å². The first kappa shape index (κ1) is 22.8. The number of hydrogen-bond acceptors (Lipinski definition) is 5. The lowest BCUT2D eigenvalue weighted by atomic mass is 10.1. The van der Waals surface area contributed by atoms with Crippen molar-refractivity contribution in [3.63, 3.8) is 0 Å². The summed E-state index contributed by atoms with van der Waals surface area (Å²) in [5.74, 6) is -0.719. The minimum Gasteiger partial charge on any atom is -0.378 e. The Morgan fingerprint density at radius 1 is 1.12 bits per heavy atom. The average molecular weight is 484 g/mol. The van der Waals surface area contributed by atoms with Crippen LogP contribution in [0.3, 0.4) is 0 Å². The molecule has 1 aliphatic heterocycles. The van der Waals surface area contributed by atoms with Crippen molar-refractivity contribution in [1.82, 2.24) is 14.2 Å². The van der Waals surface area contributed by atoms with E-state index in [1.807, 2.05) is 7.05 Å². The van der Waals surface area contributed by atoms with Gasteiger partial charge in [0.1, 0.15) is 5.82 Å². The van der Waals surface area contributed by atoms with Gasteiger partial charge in [-0.15, -0.1) is 0 Å². The predicted octanol–water partition coefficient (Wildman–Crippen LogP) is 3.21. The molecule has 3 aromatic rings. The molecule has 0 saturated carbocycles. The van der Waals surface area contributed by atoms with Gasteiger partial charge in [-0.3, -0.25) is 4.79 Å². The van der Waals surface area contributed by atoms with E-state index in [-0.39, 0.29) is 22.4 Å². The van der Waals surface area contributed by atoms with E-state index < -0.39 is 15.8 Å². The van der Waals surface area contributed by atoms with Crippen molar-refractivity contribution < 1.29 is 22.3 Å². The Balaban J connectivity index is 1.62. The largest absolute Gasteiger partial charge is 0.378 e. The zero-order valence-corrected chi connectivity index (χ0v) is 19.6. The van der Waals surface area contributed by atoms with Gasteiger partial charge in [0.2, 0.25) is 0 Å². The molecule has 34 heavy (non-hydrogen) atoms. The van der Waals surface area contributed by atoms with Gasteiger partial charge in [-0.2, -0.15) is 0 Å². The van der Waals surface area contributed by atoms with E-state index in [0.717, 1.165) is 17.5 Å². The zero-order chi connectivity index (χ0) is 23.9. The second kappa shape index (κ2) is 8.98. The van der Waals surface area contributed by atoms with Crippen LogP contribution in [0.25, 0.3) is 11.3 Å².